The Kier molecular flexibility index (Phi) is 4.93. The van der Waals surface area contributed by atoms with E-state index >= 15 is 0 Å². The van der Waals surface area contributed by atoms with Crippen LogP contribution in [-0.4, -0.2) is 30.2 Å². The van der Waals surface area contributed by atoms with Crippen molar-refractivity contribution in [1.82, 2.24) is 0 Å². The maximum atomic E-state index is 12.2. The van der Waals surface area contributed by atoms with Crippen molar-refractivity contribution in [1.29, 1.82) is 0 Å². The van der Waals surface area contributed by atoms with E-state index in [1.165, 1.54) is 6.07 Å². The highest BCUT2D eigenvalue weighted by Crippen LogP contribution is 2.38. The van der Waals surface area contributed by atoms with E-state index in [2.05, 4.69) is 5.32 Å². The quantitative estimate of drug-likeness (QED) is 0.487. The van der Waals surface area contributed by atoms with Crippen molar-refractivity contribution in [3.05, 3.63) is 57.1 Å². The van der Waals surface area contributed by atoms with Gasteiger partial charge in [-0.3, -0.25) is 14.9 Å². The average molecular weight is 372 g/mol. The van der Waals surface area contributed by atoms with Gasteiger partial charge in [-0.05, 0) is 31.0 Å². The zero-order valence-electron chi connectivity index (χ0n) is 14.6. The summed E-state index contributed by atoms with van der Waals surface area (Å²) in [5.41, 5.74) is 1.61. The van der Waals surface area contributed by atoms with Crippen LogP contribution >= 0.6 is 0 Å². The van der Waals surface area contributed by atoms with Crippen molar-refractivity contribution in [3.8, 4) is 11.5 Å². The number of hydrogen-bond donors (Lipinski definition) is 1. The summed E-state index contributed by atoms with van der Waals surface area (Å²) in [6.07, 6.45) is 0. The molecule has 3 rings (SSSR count). The van der Waals surface area contributed by atoms with E-state index < -0.39 is 29.1 Å². The summed E-state index contributed by atoms with van der Waals surface area (Å²) in [6, 6.07) is 7.81. The van der Waals surface area contributed by atoms with Crippen LogP contribution in [0.25, 0.3) is 0 Å². The molecule has 0 bridgehead atoms. The van der Waals surface area contributed by atoms with Crippen molar-refractivity contribution < 1.29 is 28.7 Å². The lowest BCUT2D eigenvalue weighted by atomic mass is 10.1. The molecular formula is C18H16N2O7. The third-order valence-electron chi connectivity index (χ3n) is 3.91. The summed E-state index contributed by atoms with van der Waals surface area (Å²) in [5, 5.41) is 13.8. The average Bonchev–Trinajstić information content (AvgIpc) is 3.09. The lowest BCUT2D eigenvalue weighted by Gasteiger charge is -2.10. The fraction of sp³-hybridized carbons (Fsp3) is 0.222. The number of nitro groups is 1. The molecule has 140 valence electrons. The van der Waals surface area contributed by atoms with Crippen molar-refractivity contribution >= 4 is 23.3 Å². The van der Waals surface area contributed by atoms with Crippen molar-refractivity contribution in [2.45, 2.75) is 13.8 Å². The molecule has 1 heterocycles. The minimum absolute atomic E-state index is 0.0940. The van der Waals surface area contributed by atoms with Crippen LogP contribution in [0.3, 0.4) is 0 Å². The highest BCUT2D eigenvalue weighted by molar-refractivity contribution is 5.98. The zero-order chi connectivity index (χ0) is 19.6. The standard InChI is InChI=1S/C18H16N2O7/c1-10-3-4-11(2)13(5-10)19-17(21)8-25-18(22)12-6-15-16(27-9-26-15)7-14(12)20(23)24/h3-7H,8-9H2,1-2H3,(H,19,21). The minimum atomic E-state index is -1.00. The number of nitrogens with one attached hydrogen (secondary N) is 1. The smallest absolute Gasteiger partial charge is 0.345 e. The highest BCUT2D eigenvalue weighted by Gasteiger charge is 2.28. The topological polar surface area (TPSA) is 117 Å². The van der Waals surface area contributed by atoms with Crippen LogP contribution in [-0.2, 0) is 9.53 Å². The van der Waals surface area contributed by atoms with Gasteiger partial charge >= 0.3 is 5.97 Å². The number of aryl methyl sites for hydroxylation is 2. The molecule has 0 atom stereocenters. The van der Waals surface area contributed by atoms with Crippen molar-refractivity contribution in [2.24, 2.45) is 0 Å². The lowest BCUT2D eigenvalue weighted by Crippen LogP contribution is -2.21. The van der Waals surface area contributed by atoms with Crippen LogP contribution < -0.4 is 14.8 Å². The molecule has 1 aliphatic rings. The second-order valence-electron chi connectivity index (χ2n) is 5.92. The fourth-order valence-electron chi connectivity index (χ4n) is 2.51. The predicted octanol–water partition coefficient (Wildman–Crippen LogP) is 2.74. The van der Waals surface area contributed by atoms with E-state index in [-0.39, 0.29) is 23.9 Å². The number of hydrogen-bond acceptors (Lipinski definition) is 7. The number of rotatable bonds is 5. The molecule has 0 fully saturated rings. The molecule has 2 aromatic carbocycles. The Balaban J connectivity index is 1.70. The number of nitrogens with zero attached hydrogens (tertiary/aromatic N) is 1. The number of ether oxygens (including phenoxy) is 3. The lowest BCUT2D eigenvalue weighted by molar-refractivity contribution is -0.385. The summed E-state index contributed by atoms with van der Waals surface area (Å²) in [5.74, 6) is -1.19. The zero-order valence-corrected chi connectivity index (χ0v) is 14.6. The van der Waals surface area contributed by atoms with E-state index in [1.807, 2.05) is 26.0 Å². The van der Waals surface area contributed by atoms with Gasteiger partial charge in [-0.2, -0.15) is 0 Å². The van der Waals surface area contributed by atoms with Gasteiger partial charge in [-0.25, -0.2) is 4.79 Å². The van der Waals surface area contributed by atoms with E-state index in [0.29, 0.717) is 5.69 Å². The first-order valence-corrected chi connectivity index (χ1v) is 7.97. The van der Waals surface area contributed by atoms with Crippen molar-refractivity contribution in [3.63, 3.8) is 0 Å². The van der Waals surface area contributed by atoms with Gasteiger partial charge in [0.15, 0.2) is 18.1 Å². The number of carbonyl (C=O) groups is 2. The first-order valence-electron chi connectivity index (χ1n) is 7.97. The molecule has 9 heteroatoms. The van der Waals surface area contributed by atoms with Gasteiger partial charge in [0.25, 0.3) is 11.6 Å². The summed E-state index contributed by atoms with van der Waals surface area (Å²) in [4.78, 5) is 34.8. The first kappa shape index (κ1) is 18.2. The number of anilines is 1. The Labute approximate surface area is 154 Å². The molecule has 0 spiro atoms. The van der Waals surface area contributed by atoms with Crippen LogP contribution in [0.15, 0.2) is 30.3 Å². The Hall–Kier alpha value is -3.62. The maximum Gasteiger partial charge on any atom is 0.345 e. The van der Waals surface area contributed by atoms with Gasteiger partial charge in [-0.15, -0.1) is 0 Å². The van der Waals surface area contributed by atoms with E-state index in [0.717, 1.165) is 17.2 Å². The summed E-state index contributed by atoms with van der Waals surface area (Å²) < 4.78 is 15.1. The van der Waals surface area contributed by atoms with Gasteiger partial charge < -0.3 is 19.5 Å². The molecule has 27 heavy (non-hydrogen) atoms. The Morgan fingerprint density at radius 2 is 1.89 bits per heavy atom. The van der Waals surface area contributed by atoms with Crippen LogP contribution in [0.5, 0.6) is 11.5 Å². The largest absolute Gasteiger partial charge is 0.454 e. The molecule has 1 N–H and O–H groups in total. The van der Waals surface area contributed by atoms with Crippen LogP contribution in [0.4, 0.5) is 11.4 Å². The third kappa shape index (κ3) is 3.97. The van der Waals surface area contributed by atoms with Crippen LogP contribution in [0, 0.1) is 24.0 Å². The van der Waals surface area contributed by atoms with E-state index in [9.17, 15) is 19.7 Å². The van der Waals surface area contributed by atoms with E-state index in [1.54, 1.807) is 6.07 Å². The second-order valence-corrected chi connectivity index (χ2v) is 5.92. The molecule has 0 unspecified atom stereocenters. The molecule has 0 radical (unpaired) electrons. The number of amides is 1. The van der Waals surface area contributed by atoms with Gasteiger partial charge in [0, 0.05) is 11.8 Å². The Morgan fingerprint density at radius 1 is 1.19 bits per heavy atom. The Morgan fingerprint density at radius 3 is 2.59 bits per heavy atom. The molecule has 0 saturated carbocycles. The van der Waals surface area contributed by atoms with Gasteiger partial charge in [0.1, 0.15) is 5.56 Å². The molecule has 1 aliphatic heterocycles. The molecule has 0 saturated heterocycles. The monoisotopic (exact) mass is 372 g/mol. The molecular weight excluding hydrogens is 356 g/mol. The number of benzene rings is 2. The van der Waals surface area contributed by atoms with Gasteiger partial charge in [-0.1, -0.05) is 12.1 Å². The molecule has 0 aliphatic carbocycles. The maximum absolute atomic E-state index is 12.2. The summed E-state index contributed by atoms with van der Waals surface area (Å²) in [7, 11) is 0. The predicted molar refractivity (Wildman–Crippen MR) is 94.0 cm³/mol. The molecule has 9 nitrogen and oxygen atoms in total. The number of fused-ring (bicyclic) bond motifs is 1. The van der Waals surface area contributed by atoms with Crippen molar-refractivity contribution in [2.75, 3.05) is 18.7 Å². The SMILES string of the molecule is Cc1ccc(C)c(NC(=O)COC(=O)c2cc3c(cc2[N+](=O)[O-])OCO3)c1. The van der Waals surface area contributed by atoms with Gasteiger partial charge in [0.05, 0.1) is 11.0 Å². The second kappa shape index (κ2) is 7.32. The Bertz CT molecular complexity index is 940. The van der Waals surface area contributed by atoms with E-state index in [4.69, 9.17) is 14.2 Å². The summed E-state index contributed by atoms with van der Waals surface area (Å²) >= 11 is 0. The number of nitro benzene ring substituents is 1. The van der Waals surface area contributed by atoms with Crippen LogP contribution in [0.1, 0.15) is 21.5 Å². The minimum Gasteiger partial charge on any atom is -0.454 e. The molecule has 0 aromatic heterocycles. The molecule has 1 amide bonds. The number of esters is 1. The third-order valence-corrected chi connectivity index (χ3v) is 3.91. The molecule has 2 aromatic rings. The summed E-state index contributed by atoms with van der Waals surface area (Å²) in [6.45, 7) is 3.03. The number of carbonyl (C=O) groups excluding carboxylic acids is 2. The van der Waals surface area contributed by atoms with Gasteiger partial charge in [0.2, 0.25) is 6.79 Å². The normalized spacial score (nSPS) is 11.8. The fourth-order valence-corrected chi connectivity index (χ4v) is 2.51. The first-order chi connectivity index (χ1) is 12.8. The highest BCUT2D eigenvalue weighted by atomic mass is 16.7. The van der Waals surface area contributed by atoms with Crippen LogP contribution in [0.2, 0.25) is 0 Å².